The van der Waals surface area contributed by atoms with Gasteiger partial charge in [0.2, 0.25) is 0 Å². The summed E-state index contributed by atoms with van der Waals surface area (Å²) in [6.07, 6.45) is 6.09. The number of hydrogen-bond acceptors (Lipinski definition) is 2. The van der Waals surface area contributed by atoms with Crippen LogP contribution in [0.3, 0.4) is 0 Å². The Morgan fingerprint density at radius 2 is 2.26 bits per heavy atom. The molecule has 2 aromatic rings. The summed E-state index contributed by atoms with van der Waals surface area (Å²) in [6.45, 7) is 1.17. The van der Waals surface area contributed by atoms with Gasteiger partial charge in [-0.15, -0.1) is 0 Å². The zero-order chi connectivity index (χ0) is 13.2. The standard InChI is InChI=1S/C14H15ClFN3/c15-11-1-4-13(16)10(7-11)9-19-6-5-17-14(19)8-18-12-2-3-12/h1,4-7,12,18H,2-3,8-9H2. The molecule has 3 nitrogen and oxygen atoms in total. The van der Waals surface area contributed by atoms with E-state index in [4.69, 9.17) is 11.6 Å². The van der Waals surface area contributed by atoms with Crippen LogP contribution in [0.5, 0.6) is 0 Å². The number of imidazole rings is 1. The number of halogens is 2. The molecule has 1 fully saturated rings. The van der Waals surface area contributed by atoms with E-state index in [1.165, 1.54) is 18.9 Å². The van der Waals surface area contributed by atoms with E-state index in [0.29, 0.717) is 23.2 Å². The van der Waals surface area contributed by atoms with Crippen molar-refractivity contribution in [3.05, 3.63) is 52.8 Å². The van der Waals surface area contributed by atoms with Crippen molar-refractivity contribution in [2.45, 2.75) is 32.0 Å². The molecule has 0 bridgehead atoms. The molecule has 0 atom stereocenters. The Morgan fingerprint density at radius 3 is 3.05 bits per heavy atom. The predicted molar refractivity (Wildman–Crippen MR) is 72.6 cm³/mol. The molecule has 1 aliphatic carbocycles. The Hall–Kier alpha value is -1.39. The van der Waals surface area contributed by atoms with Crippen molar-refractivity contribution in [1.29, 1.82) is 0 Å². The highest BCUT2D eigenvalue weighted by molar-refractivity contribution is 6.30. The molecule has 1 saturated carbocycles. The summed E-state index contributed by atoms with van der Waals surface area (Å²) in [4.78, 5) is 4.31. The minimum absolute atomic E-state index is 0.237. The Morgan fingerprint density at radius 1 is 1.42 bits per heavy atom. The van der Waals surface area contributed by atoms with Crippen molar-refractivity contribution in [1.82, 2.24) is 14.9 Å². The third-order valence-electron chi connectivity index (χ3n) is 3.28. The predicted octanol–water partition coefficient (Wildman–Crippen LogP) is 2.98. The van der Waals surface area contributed by atoms with Gasteiger partial charge in [0.1, 0.15) is 11.6 Å². The van der Waals surface area contributed by atoms with Crippen LogP contribution in [0.2, 0.25) is 5.02 Å². The van der Waals surface area contributed by atoms with Gasteiger partial charge in [-0.25, -0.2) is 9.37 Å². The molecule has 1 N–H and O–H groups in total. The average Bonchev–Trinajstić information content (AvgIpc) is 3.12. The number of benzene rings is 1. The zero-order valence-corrected chi connectivity index (χ0v) is 11.2. The van der Waals surface area contributed by atoms with Crippen LogP contribution in [0.1, 0.15) is 24.2 Å². The molecular weight excluding hydrogens is 265 g/mol. The van der Waals surface area contributed by atoms with Gasteiger partial charge >= 0.3 is 0 Å². The fourth-order valence-corrected chi connectivity index (χ4v) is 2.22. The van der Waals surface area contributed by atoms with Gasteiger partial charge in [-0.3, -0.25) is 0 Å². The third kappa shape index (κ3) is 3.14. The summed E-state index contributed by atoms with van der Waals surface area (Å²) >= 11 is 5.90. The molecule has 1 aromatic heterocycles. The van der Waals surface area contributed by atoms with Crippen LogP contribution >= 0.6 is 11.6 Å². The summed E-state index contributed by atoms with van der Waals surface area (Å²) in [5, 5.41) is 3.96. The Kier molecular flexibility index (Phi) is 3.53. The summed E-state index contributed by atoms with van der Waals surface area (Å²) in [7, 11) is 0. The lowest BCUT2D eigenvalue weighted by Gasteiger charge is -2.09. The fraction of sp³-hybridized carbons (Fsp3) is 0.357. The van der Waals surface area contributed by atoms with E-state index < -0.39 is 0 Å². The Bertz CT molecular complexity index is 578. The van der Waals surface area contributed by atoms with Crippen molar-refractivity contribution < 1.29 is 4.39 Å². The maximum Gasteiger partial charge on any atom is 0.128 e. The van der Waals surface area contributed by atoms with E-state index >= 15 is 0 Å². The smallest absolute Gasteiger partial charge is 0.128 e. The molecule has 3 rings (SSSR count). The molecule has 19 heavy (non-hydrogen) atoms. The first-order chi connectivity index (χ1) is 9.22. The molecule has 5 heteroatoms. The van der Waals surface area contributed by atoms with Crippen molar-refractivity contribution >= 4 is 11.6 Å². The minimum Gasteiger partial charge on any atom is -0.329 e. The monoisotopic (exact) mass is 279 g/mol. The maximum absolute atomic E-state index is 13.7. The quantitative estimate of drug-likeness (QED) is 0.912. The lowest BCUT2D eigenvalue weighted by molar-refractivity contribution is 0.581. The Labute approximate surface area is 116 Å². The molecule has 1 aromatic carbocycles. The number of nitrogens with zero attached hydrogens (tertiary/aromatic N) is 2. The zero-order valence-electron chi connectivity index (χ0n) is 10.4. The first-order valence-electron chi connectivity index (χ1n) is 6.40. The second kappa shape index (κ2) is 5.31. The molecule has 0 unspecified atom stereocenters. The first kappa shape index (κ1) is 12.6. The second-order valence-corrected chi connectivity index (χ2v) is 5.30. The number of aromatic nitrogens is 2. The number of hydrogen-bond donors (Lipinski definition) is 1. The summed E-state index contributed by atoms with van der Waals surface area (Å²) < 4.78 is 15.7. The van der Waals surface area contributed by atoms with Gasteiger partial charge in [-0.1, -0.05) is 11.6 Å². The van der Waals surface area contributed by atoms with Crippen molar-refractivity contribution in [2.75, 3.05) is 0 Å². The van der Waals surface area contributed by atoms with E-state index in [1.54, 1.807) is 18.3 Å². The van der Waals surface area contributed by atoms with Crippen LogP contribution in [0.4, 0.5) is 4.39 Å². The average molecular weight is 280 g/mol. The first-order valence-corrected chi connectivity index (χ1v) is 6.77. The molecule has 0 saturated heterocycles. The second-order valence-electron chi connectivity index (χ2n) is 4.86. The van der Waals surface area contributed by atoms with Gasteiger partial charge in [0, 0.05) is 29.0 Å². The molecule has 0 aliphatic heterocycles. The molecule has 1 heterocycles. The summed E-state index contributed by atoms with van der Waals surface area (Å²) in [5.74, 6) is 0.686. The van der Waals surface area contributed by atoms with Gasteiger partial charge in [-0.2, -0.15) is 0 Å². The molecule has 100 valence electrons. The molecule has 0 amide bonds. The van der Waals surface area contributed by atoms with E-state index in [1.807, 2.05) is 10.8 Å². The topological polar surface area (TPSA) is 29.9 Å². The van der Waals surface area contributed by atoms with Gasteiger partial charge in [-0.05, 0) is 31.0 Å². The van der Waals surface area contributed by atoms with Crippen molar-refractivity contribution in [2.24, 2.45) is 0 Å². The van der Waals surface area contributed by atoms with Gasteiger partial charge in [0.25, 0.3) is 0 Å². The highest BCUT2D eigenvalue weighted by Crippen LogP contribution is 2.20. The van der Waals surface area contributed by atoms with E-state index in [2.05, 4.69) is 10.3 Å². The van der Waals surface area contributed by atoms with Gasteiger partial charge in [0.05, 0.1) is 13.1 Å². The van der Waals surface area contributed by atoms with Crippen molar-refractivity contribution in [3.8, 4) is 0 Å². The van der Waals surface area contributed by atoms with E-state index in [9.17, 15) is 4.39 Å². The highest BCUT2D eigenvalue weighted by Gasteiger charge is 2.20. The Balaban J connectivity index is 1.74. The van der Waals surface area contributed by atoms with Crippen LogP contribution in [-0.2, 0) is 13.1 Å². The molecule has 0 spiro atoms. The van der Waals surface area contributed by atoms with Crippen molar-refractivity contribution in [3.63, 3.8) is 0 Å². The van der Waals surface area contributed by atoms with Gasteiger partial charge in [0.15, 0.2) is 0 Å². The fourth-order valence-electron chi connectivity index (χ4n) is 2.02. The normalized spacial score (nSPS) is 14.8. The summed E-state index contributed by atoms with van der Waals surface area (Å²) in [6, 6.07) is 5.25. The molecular formula is C14H15ClFN3. The van der Waals surface area contributed by atoms with Gasteiger partial charge < -0.3 is 9.88 Å². The largest absolute Gasteiger partial charge is 0.329 e. The lowest BCUT2D eigenvalue weighted by Crippen LogP contribution is -2.19. The van der Waals surface area contributed by atoms with Crippen LogP contribution in [0, 0.1) is 5.82 Å². The van der Waals surface area contributed by atoms with Crippen LogP contribution in [0.25, 0.3) is 0 Å². The van der Waals surface area contributed by atoms with Crippen LogP contribution < -0.4 is 5.32 Å². The SMILES string of the molecule is Fc1ccc(Cl)cc1Cn1ccnc1CNC1CC1. The van der Waals surface area contributed by atoms with E-state index in [-0.39, 0.29) is 5.82 Å². The van der Waals surface area contributed by atoms with Crippen LogP contribution in [-0.4, -0.2) is 15.6 Å². The molecule has 1 aliphatic rings. The number of rotatable bonds is 5. The highest BCUT2D eigenvalue weighted by atomic mass is 35.5. The van der Waals surface area contributed by atoms with E-state index in [0.717, 1.165) is 12.4 Å². The lowest BCUT2D eigenvalue weighted by atomic mass is 10.2. The van der Waals surface area contributed by atoms with Crippen LogP contribution in [0.15, 0.2) is 30.6 Å². The molecule has 0 radical (unpaired) electrons. The third-order valence-corrected chi connectivity index (χ3v) is 3.51. The minimum atomic E-state index is -0.237. The summed E-state index contributed by atoms with van der Waals surface area (Å²) in [5.41, 5.74) is 0.582. The number of nitrogens with one attached hydrogen (secondary N) is 1. The maximum atomic E-state index is 13.7.